The van der Waals surface area contributed by atoms with Gasteiger partial charge in [0, 0.05) is 66.7 Å². The van der Waals surface area contributed by atoms with Crippen LogP contribution in [0.25, 0.3) is 93.1 Å². The van der Waals surface area contributed by atoms with Crippen LogP contribution in [-0.4, -0.2) is 30.2 Å². The molecule has 13 rings (SSSR count). The van der Waals surface area contributed by atoms with E-state index in [9.17, 15) is 0 Å². The van der Waals surface area contributed by atoms with E-state index in [1.54, 1.807) is 0 Å². The van der Waals surface area contributed by atoms with E-state index in [1.807, 2.05) is 0 Å². The van der Waals surface area contributed by atoms with Crippen LogP contribution in [0, 0.1) is 0 Å². The zero-order valence-corrected chi connectivity index (χ0v) is 38.1. The van der Waals surface area contributed by atoms with Crippen molar-refractivity contribution in [2.45, 2.75) is 105 Å². The summed E-state index contributed by atoms with van der Waals surface area (Å²) in [5.74, 6) is 0. The quantitative estimate of drug-likeness (QED) is 0.143. The highest BCUT2D eigenvalue weighted by molar-refractivity contribution is 6.99. The van der Waals surface area contributed by atoms with Crippen molar-refractivity contribution in [2.24, 2.45) is 0 Å². The number of rotatable bonds is 0. The molecule has 5 aromatic carbocycles. The van der Waals surface area contributed by atoms with Gasteiger partial charge in [0.15, 0.2) is 0 Å². The zero-order chi connectivity index (χ0) is 42.9. The predicted octanol–water partition coefficient (Wildman–Crippen LogP) is 12.2. The lowest BCUT2D eigenvalue weighted by Crippen LogP contribution is -2.61. The Morgan fingerprint density at radius 2 is 0.742 bits per heavy atom. The Kier molecular flexibility index (Phi) is 6.52. The Bertz CT molecular complexity index is 3600. The molecule has 0 amide bonds. The van der Waals surface area contributed by atoms with Crippen LogP contribution < -0.4 is 16.6 Å². The van der Waals surface area contributed by atoms with Crippen LogP contribution in [0.2, 0.25) is 0 Å². The molecule has 0 unspecified atom stereocenters. The van der Waals surface area contributed by atoms with E-state index in [0.29, 0.717) is 0 Å². The summed E-state index contributed by atoms with van der Waals surface area (Å²) in [5, 5.41) is 10.3. The van der Waals surface area contributed by atoms with Crippen LogP contribution in [0.4, 0.5) is 0 Å². The maximum absolute atomic E-state index is 5.45. The number of hydrogen-bond acceptors (Lipinski definition) is 2. The van der Waals surface area contributed by atoms with E-state index < -0.39 is 0 Å². The molecule has 0 spiro atoms. The molecule has 2 aliphatic rings. The van der Waals surface area contributed by atoms with Crippen LogP contribution >= 0.6 is 0 Å². The first-order chi connectivity index (χ1) is 29.3. The minimum atomic E-state index is -0.176. The number of aromatic nitrogens is 5. The van der Waals surface area contributed by atoms with E-state index >= 15 is 0 Å². The molecule has 0 N–H and O–H groups in total. The molecule has 0 fully saturated rings. The molecule has 6 aromatic heterocycles. The van der Waals surface area contributed by atoms with Crippen LogP contribution in [-0.2, 0) is 21.7 Å². The smallest absolute Gasteiger partial charge is 0.298 e. The fourth-order valence-electron chi connectivity index (χ4n) is 11.6. The zero-order valence-electron chi connectivity index (χ0n) is 38.1. The first-order valence-electron chi connectivity index (χ1n) is 22.5. The summed E-state index contributed by atoms with van der Waals surface area (Å²) in [6, 6.07) is 33.5. The van der Waals surface area contributed by atoms with E-state index in [1.165, 1.54) is 121 Å². The summed E-state index contributed by atoms with van der Waals surface area (Å²) >= 11 is 0. The number of benzene rings is 5. The lowest BCUT2D eigenvalue weighted by molar-refractivity contribution is 0.591. The first kappa shape index (κ1) is 36.5. The molecule has 0 atom stereocenters. The summed E-state index contributed by atoms with van der Waals surface area (Å²) in [4.78, 5) is 10.9. The van der Waals surface area contributed by atoms with Gasteiger partial charge in [-0.1, -0.05) is 107 Å². The van der Waals surface area contributed by atoms with Crippen molar-refractivity contribution in [1.82, 2.24) is 23.5 Å². The molecule has 0 aliphatic carbocycles. The third kappa shape index (κ3) is 4.36. The maximum Gasteiger partial charge on any atom is 0.298 e. The fourth-order valence-corrected chi connectivity index (χ4v) is 11.6. The SMILES string of the molecule is CC(C)(C)c1ccc2c(c1)c1ccnc3c1n2-c1c2c(c4c5cc(C(C)(C)C)ccc5n5c6ccc(C(C)(C)C)cc6c1c45)-n1c4ccc(C(C)(C)C)cc4c4ccnc(c41)B23. The first-order valence-corrected chi connectivity index (χ1v) is 22.5. The van der Waals surface area contributed by atoms with Crippen molar-refractivity contribution in [3.05, 3.63) is 120 Å². The molecule has 2 aliphatic heterocycles. The lowest BCUT2D eigenvalue weighted by atomic mass is 9.37. The number of pyridine rings is 2. The Hall–Kier alpha value is -6.14. The molecule has 0 bridgehead atoms. The normalized spacial score (nSPS) is 14.4. The summed E-state index contributed by atoms with van der Waals surface area (Å²) in [6.45, 7) is 27.8. The van der Waals surface area contributed by atoms with E-state index in [-0.39, 0.29) is 28.4 Å². The van der Waals surface area contributed by atoms with Gasteiger partial charge >= 0.3 is 0 Å². The number of fused-ring (bicyclic) bond motifs is 18. The van der Waals surface area contributed by atoms with Crippen molar-refractivity contribution in [1.29, 1.82) is 0 Å². The van der Waals surface area contributed by atoms with Crippen molar-refractivity contribution in [3.63, 3.8) is 0 Å². The second-order valence-corrected chi connectivity index (χ2v) is 22.8. The maximum atomic E-state index is 5.45. The molecule has 6 heteroatoms. The molecule has 0 saturated carbocycles. The molecule has 0 saturated heterocycles. The summed E-state index contributed by atoms with van der Waals surface area (Å²) in [5.41, 5.74) is 19.9. The molecule has 5 nitrogen and oxygen atoms in total. The Morgan fingerprint density at radius 1 is 0.387 bits per heavy atom. The van der Waals surface area contributed by atoms with Gasteiger partial charge < -0.3 is 13.5 Å². The number of hydrogen-bond donors (Lipinski definition) is 0. The van der Waals surface area contributed by atoms with E-state index in [0.717, 1.165) is 11.2 Å². The van der Waals surface area contributed by atoms with Gasteiger partial charge in [-0.15, -0.1) is 0 Å². The molecular weight excluding hydrogens is 753 g/mol. The second kappa shape index (κ2) is 11.1. The Labute approximate surface area is 362 Å². The Morgan fingerprint density at radius 3 is 1.11 bits per heavy atom. The minimum absolute atomic E-state index is 0.00156. The van der Waals surface area contributed by atoms with Gasteiger partial charge in [0.05, 0.1) is 50.0 Å². The topological polar surface area (TPSA) is 40.0 Å². The standard InChI is InChI=1S/C56H52BN5/c1-53(2,3)29-13-17-39-35(25-29)33-21-23-58-51-46(33)61(39)49-43-37-27-31(55(7,8)9)15-19-41(37)60-42-20-16-32(56(10,11)12)28-38(42)44(48(43)60)50-45(49)57(51)52-47-34(22-24-59-52)36-26-30(54(4,5)6)14-18-40(36)62(47)50/h13-28H,1-12H3. The molecular formula is C56H52BN5. The van der Waals surface area contributed by atoms with Gasteiger partial charge in [0.25, 0.3) is 6.71 Å². The van der Waals surface area contributed by atoms with Gasteiger partial charge in [-0.3, -0.25) is 9.97 Å². The van der Waals surface area contributed by atoms with Gasteiger partial charge in [0.1, 0.15) is 0 Å². The van der Waals surface area contributed by atoms with Gasteiger partial charge in [-0.25, -0.2) is 0 Å². The van der Waals surface area contributed by atoms with Crippen LogP contribution in [0.15, 0.2) is 97.3 Å². The largest absolute Gasteiger partial charge is 0.308 e. The lowest BCUT2D eigenvalue weighted by Gasteiger charge is -2.33. The van der Waals surface area contributed by atoms with Crippen LogP contribution in [0.5, 0.6) is 0 Å². The highest BCUT2D eigenvalue weighted by atomic mass is 15.1. The summed E-state index contributed by atoms with van der Waals surface area (Å²) < 4.78 is 7.86. The highest BCUT2D eigenvalue weighted by Crippen LogP contribution is 2.50. The molecule has 62 heavy (non-hydrogen) atoms. The highest BCUT2D eigenvalue weighted by Gasteiger charge is 2.46. The molecule has 11 aromatic rings. The average molecular weight is 806 g/mol. The van der Waals surface area contributed by atoms with Crippen LogP contribution in [0.3, 0.4) is 0 Å². The van der Waals surface area contributed by atoms with Crippen molar-refractivity contribution in [2.75, 3.05) is 0 Å². The predicted molar refractivity (Wildman–Crippen MR) is 265 cm³/mol. The summed E-state index contributed by atoms with van der Waals surface area (Å²) in [6.07, 6.45) is 4.11. The van der Waals surface area contributed by atoms with Gasteiger partial charge in [-0.2, -0.15) is 0 Å². The monoisotopic (exact) mass is 805 g/mol. The second-order valence-electron chi connectivity index (χ2n) is 22.8. The van der Waals surface area contributed by atoms with E-state index in [4.69, 9.17) is 9.97 Å². The summed E-state index contributed by atoms with van der Waals surface area (Å²) in [7, 11) is 0. The number of nitrogens with zero attached hydrogens (tertiary/aromatic N) is 5. The van der Waals surface area contributed by atoms with Crippen molar-refractivity contribution >= 4 is 105 Å². The third-order valence-electron chi connectivity index (χ3n) is 14.8. The van der Waals surface area contributed by atoms with Gasteiger partial charge in [-0.05, 0) is 110 Å². The minimum Gasteiger partial charge on any atom is -0.308 e. The Balaban J connectivity index is 1.36. The molecule has 0 radical (unpaired) electrons. The third-order valence-corrected chi connectivity index (χ3v) is 14.8. The molecule has 8 heterocycles. The van der Waals surface area contributed by atoms with E-state index in [2.05, 4.69) is 194 Å². The van der Waals surface area contributed by atoms with Crippen LogP contribution in [0.1, 0.15) is 105 Å². The molecule has 304 valence electrons. The van der Waals surface area contributed by atoms with Crippen molar-refractivity contribution in [3.8, 4) is 11.4 Å². The van der Waals surface area contributed by atoms with Crippen molar-refractivity contribution < 1.29 is 0 Å². The fraction of sp³-hybridized carbons (Fsp3) is 0.286. The van der Waals surface area contributed by atoms with Gasteiger partial charge in [0.2, 0.25) is 0 Å². The average Bonchev–Trinajstić information content (AvgIpc) is 3.94.